The molecule has 2 rings (SSSR count). The highest BCUT2D eigenvalue weighted by atomic mass is 35.5. The van der Waals surface area contributed by atoms with Crippen molar-refractivity contribution in [1.29, 1.82) is 0 Å². The molecule has 0 heterocycles. The van der Waals surface area contributed by atoms with Gasteiger partial charge in [-0.25, -0.2) is 0 Å². The first-order valence-electron chi connectivity index (χ1n) is 7.53. The normalized spacial score (nSPS) is 12.2. The molecule has 2 aromatic rings. The van der Waals surface area contributed by atoms with Gasteiger partial charge in [-0.3, -0.25) is 4.79 Å². The molecule has 3 nitrogen and oxygen atoms in total. The van der Waals surface area contributed by atoms with Gasteiger partial charge in [-0.2, -0.15) is 13.2 Å². The zero-order valence-corrected chi connectivity index (χ0v) is 14.5. The molecule has 1 amide bonds. The van der Waals surface area contributed by atoms with Gasteiger partial charge in [0.1, 0.15) is 6.04 Å². The molecule has 0 bridgehead atoms. The average molecular weight is 373 g/mol. The van der Waals surface area contributed by atoms with Gasteiger partial charge in [-0.15, -0.1) is 12.4 Å². The maximum atomic E-state index is 12.2. The summed E-state index contributed by atoms with van der Waals surface area (Å²) >= 11 is 0. The van der Waals surface area contributed by atoms with Crippen LogP contribution in [0.5, 0.6) is 0 Å². The van der Waals surface area contributed by atoms with E-state index in [1.807, 2.05) is 19.1 Å². The summed E-state index contributed by atoms with van der Waals surface area (Å²) in [5.41, 5.74) is 8.75. The summed E-state index contributed by atoms with van der Waals surface area (Å²) in [6.45, 7) is 1.94. The summed E-state index contributed by atoms with van der Waals surface area (Å²) in [6, 6.07) is 12.8. The minimum Gasteiger partial charge on any atom is -0.324 e. The van der Waals surface area contributed by atoms with E-state index in [0.29, 0.717) is 16.8 Å². The summed E-state index contributed by atoms with van der Waals surface area (Å²) in [6.07, 6.45) is -5.12. The smallest absolute Gasteiger partial charge is 0.324 e. The number of nitrogens with one attached hydrogen (secondary N) is 1. The van der Waals surface area contributed by atoms with Crippen LogP contribution in [0.1, 0.15) is 29.2 Å². The molecule has 7 heteroatoms. The highest BCUT2D eigenvalue weighted by Crippen LogP contribution is 2.23. The van der Waals surface area contributed by atoms with E-state index >= 15 is 0 Å². The number of rotatable bonds is 5. The van der Waals surface area contributed by atoms with Crippen LogP contribution in [0, 0.1) is 6.92 Å². The van der Waals surface area contributed by atoms with Crippen molar-refractivity contribution >= 4 is 24.0 Å². The second-order valence-corrected chi connectivity index (χ2v) is 5.69. The fraction of sp³-hybridized carbons (Fsp3) is 0.278. The van der Waals surface area contributed by atoms with Crippen LogP contribution in [-0.4, -0.2) is 12.1 Å². The minimum absolute atomic E-state index is 0. The van der Waals surface area contributed by atoms with Crippen molar-refractivity contribution in [2.24, 2.45) is 5.73 Å². The Balaban J connectivity index is 0.00000312. The van der Waals surface area contributed by atoms with Gasteiger partial charge >= 0.3 is 6.18 Å². The van der Waals surface area contributed by atoms with E-state index in [1.54, 1.807) is 36.4 Å². The summed E-state index contributed by atoms with van der Waals surface area (Å²) in [5.74, 6) is -0.373. The lowest BCUT2D eigenvalue weighted by Crippen LogP contribution is -2.27. The number of alkyl halides is 3. The van der Waals surface area contributed by atoms with Crippen molar-refractivity contribution in [2.45, 2.75) is 32.0 Å². The minimum atomic E-state index is -4.17. The third-order valence-corrected chi connectivity index (χ3v) is 3.64. The molecule has 0 aliphatic heterocycles. The number of hydrogen-bond donors (Lipinski definition) is 2. The molecule has 3 N–H and O–H groups in total. The highest BCUT2D eigenvalue weighted by Gasteiger charge is 2.26. The lowest BCUT2D eigenvalue weighted by atomic mass is 10.0. The van der Waals surface area contributed by atoms with Crippen LogP contribution in [-0.2, 0) is 11.2 Å². The Bertz CT molecular complexity index is 685. The third-order valence-electron chi connectivity index (χ3n) is 3.64. The molecule has 0 aromatic heterocycles. The van der Waals surface area contributed by atoms with Crippen molar-refractivity contribution in [1.82, 2.24) is 0 Å². The van der Waals surface area contributed by atoms with Crippen LogP contribution in [0.25, 0.3) is 0 Å². The van der Waals surface area contributed by atoms with E-state index in [1.165, 1.54) is 0 Å². The lowest BCUT2D eigenvalue weighted by Gasteiger charge is -2.13. The number of benzene rings is 2. The van der Waals surface area contributed by atoms with E-state index in [2.05, 4.69) is 5.32 Å². The molecule has 0 spiro atoms. The Morgan fingerprint density at radius 2 is 1.64 bits per heavy atom. The Kier molecular flexibility index (Phi) is 7.45. The van der Waals surface area contributed by atoms with E-state index in [9.17, 15) is 18.0 Å². The SMILES string of the molecule is Cc1ccc(C(N)C(=O)Nc2ccc(CCC(F)(F)F)cc2)cc1.Cl. The number of amides is 1. The van der Waals surface area contributed by atoms with E-state index in [-0.39, 0.29) is 24.7 Å². The molecule has 0 saturated heterocycles. The topological polar surface area (TPSA) is 55.1 Å². The number of hydrogen-bond acceptors (Lipinski definition) is 2. The van der Waals surface area contributed by atoms with Gasteiger partial charge in [0.2, 0.25) is 5.91 Å². The van der Waals surface area contributed by atoms with Gasteiger partial charge in [0.05, 0.1) is 0 Å². The van der Waals surface area contributed by atoms with Crippen molar-refractivity contribution < 1.29 is 18.0 Å². The Labute approximate surface area is 150 Å². The molecule has 0 aliphatic rings. The Morgan fingerprint density at radius 1 is 1.08 bits per heavy atom. The van der Waals surface area contributed by atoms with Gasteiger partial charge in [0.25, 0.3) is 0 Å². The summed E-state index contributed by atoms with van der Waals surface area (Å²) in [4.78, 5) is 12.2. The zero-order valence-electron chi connectivity index (χ0n) is 13.6. The van der Waals surface area contributed by atoms with Gasteiger partial charge in [-0.05, 0) is 36.6 Å². The number of anilines is 1. The lowest BCUT2D eigenvalue weighted by molar-refractivity contribution is -0.134. The van der Waals surface area contributed by atoms with E-state index in [0.717, 1.165) is 5.56 Å². The fourth-order valence-corrected chi connectivity index (χ4v) is 2.19. The second-order valence-electron chi connectivity index (χ2n) is 5.69. The number of nitrogens with two attached hydrogens (primary N) is 1. The molecular formula is C18H20ClF3N2O. The number of halogens is 4. The third kappa shape index (κ3) is 6.76. The van der Waals surface area contributed by atoms with Crippen molar-refractivity contribution in [3.8, 4) is 0 Å². The molecule has 0 aliphatic carbocycles. The largest absolute Gasteiger partial charge is 0.389 e. The van der Waals surface area contributed by atoms with Gasteiger partial charge in [-0.1, -0.05) is 42.0 Å². The van der Waals surface area contributed by atoms with Gasteiger partial charge < -0.3 is 11.1 Å². The van der Waals surface area contributed by atoms with Crippen LogP contribution in [0.4, 0.5) is 18.9 Å². The number of carbonyl (C=O) groups excluding carboxylic acids is 1. The maximum Gasteiger partial charge on any atom is 0.389 e. The molecule has 1 atom stereocenters. The fourth-order valence-electron chi connectivity index (χ4n) is 2.19. The quantitative estimate of drug-likeness (QED) is 0.809. The van der Waals surface area contributed by atoms with Gasteiger partial charge in [0, 0.05) is 12.1 Å². The van der Waals surface area contributed by atoms with Crippen LogP contribution in [0.3, 0.4) is 0 Å². The highest BCUT2D eigenvalue weighted by molar-refractivity contribution is 5.95. The zero-order chi connectivity index (χ0) is 17.7. The monoisotopic (exact) mass is 372 g/mol. The van der Waals surface area contributed by atoms with Gasteiger partial charge in [0.15, 0.2) is 0 Å². The maximum absolute atomic E-state index is 12.2. The molecule has 0 saturated carbocycles. The molecule has 0 fully saturated rings. The Hall–Kier alpha value is -2.05. The molecule has 2 aromatic carbocycles. The van der Waals surface area contributed by atoms with Crippen molar-refractivity contribution in [3.05, 3.63) is 65.2 Å². The Morgan fingerprint density at radius 3 is 2.16 bits per heavy atom. The van der Waals surface area contributed by atoms with Crippen LogP contribution >= 0.6 is 12.4 Å². The van der Waals surface area contributed by atoms with Crippen LogP contribution < -0.4 is 11.1 Å². The molecule has 0 radical (unpaired) electrons. The molecule has 136 valence electrons. The summed E-state index contributed by atoms with van der Waals surface area (Å²) in [7, 11) is 0. The van der Waals surface area contributed by atoms with E-state index in [4.69, 9.17) is 5.73 Å². The molecule has 25 heavy (non-hydrogen) atoms. The van der Waals surface area contributed by atoms with E-state index < -0.39 is 18.6 Å². The predicted molar refractivity (Wildman–Crippen MR) is 94.8 cm³/mol. The number of carbonyl (C=O) groups is 1. The van der Waals surface area contributed by atoms with Crippen LogP contribution in [0.2, 0.25) is 0 Å². The molecule has 1 unspecified atom stereocenters. The summed E-state index contributed by atoms with van der Waals surface area (Å²) in [5, 5.41) is 2.67. The first-order valence-corrected chi connectivity index (χ1v) is 7.53. The first-order chi connectivity index (χ1) is 11.2. The standard InChI is InChI=1S/C18H19F3N2O.ClH/c1-12-2-6-14(7-3-12)16(22)17(24)23-15-8-4-13(5-9-15)10-11-18(19,20)21;/h2-9,16H,10-11,22H2,1H3,(H,23,24);1H. The van der Waals surface area contributed by atoms with Crippen molar-refractivity contribution in [2.75, 3.05) is 5.32 Å². The molecular weight excluding hydrogens is 353 g/mol. The second kappa shape index (κ2) is 8.87. The summed E-state index contributed by atoms with van der Waals surface area (Å²) < 4.78 is 36.6. The predicted octanol–water partition coefficient (Wildman–Crippen LogP) is 4.55. The average Bonchev–Trinajstić information content (AvgIpc) is 2.53. The first kappa shape index (κ1) is 21.0. The van der Waals surface area contributed by atoms with Crippen molar-refractivity contribution in [3.63, 3.8) is 0 Å². The number of aryl methyl sites for hydroxylation is 2. The van der Waals surface area contributed by atoms with Crippen LogP contribution in [0.15, 0.2) is 48.5 Å².